The number of rotatable bonds is 4. The van der Waals surface area contributed by atoms with E-state index in [0.29, 0.717) is 0 Å². The molecule has 1 aromatic heterocycles. The average Bonchev–Trinajstić information content (AvgIpc) is 2.97. The molecule has 0 radical (unpaired) electrons. The first-order valence-electron chi connectivity index (χ1n) is 7.38. The predicted octanol–water partition coefficient (Wildman–Crippen LogP) is 2.03. The van der Waals surface area contributed by atoms with Crippen molar-refractivity contribution in [3.63, 3.8) is 0 Å². The average molecular weight is 307 g/mol. The number of nitrogens with one attached hydrogen (secondary N) is 2. The molecule has 0 saturated heterocycles. The molecule has 0 aliphatic heterocycles. The molecule has 5 nitrogen and oxygen atoms in total. The smallest absolute Gasteiger partial charge is 0.258 e. The zero-order valence-corrected chi connectivity index (χ0v) is 12.5. The highest BCUT2D eigenvalue weighted by molar-refractivity contribution is 5.85. The van der Waals surface area contributed by atoms with Gasteiger partial charge in [-0.2, -0.15) is 0 Å². The maximum Gasteiger partial charge on any atom is 0.258 e. The number of nitrogens with zero attached hydrogens (tertiary/aromatic N) is 1. The second-order valence-electron chi connectivity index (χ2n) is 5.26. The first-order valence-corrected chi connectivity index (χ1v) is 7.38. The zero-order valence-electron chi connectivity index (χ0n) is 12.5. The second kappa shape index (κ2) is 6.79. The Morgan fingerprint density at radius 2 is 1.52 bits per heavy atom. The van der Waals surface area contributed by atoms with Crippen LogP contribution >= 0.6 is 0 Å². The Morgan fingerprint density at radius 3 is 2.35 bits per heavy atom. The number of benzene rings is 2. The summed E-state index contributed by atoms with van der Waals surface area (Å²) in [7, 11) is 0. The maximum atomic E-state index is 12.0. The Hall–Kier alpha value is -3.08. The van der Waals surface area contributed by atoms with Crippen LogP contribution in [0.1, 0.15) is 5.56 Å². The summed E-state index contributed by atoms with van der Waals surface area (Å²) in [5.41, 5.74) is 6.77. The van der Waals surface area contributed by atoms with E-state index < -0.39 is 0 Å². The Labute approximate surface area is 133 Å². The lowest BCUT2D eigenvalue weighted by Gasteiger charge is -2.09. The van der Waals surface area contributed by atoms with Gasteiger partial charge in [-0.15, -0.1) is 0 Å². The van der Waals surface area contributed by atoms with Crippen LogP contribution in [-0.2, 0) is 22.6 Å². The third-order valence-electron chi connectivity index (χ3n) is 3.54. The van der Waals surface area contributed by atoms with Gasteiger partial charge in [0, 0.05) is 11.7 Å². The highest BCUT2D eigenvalue weighted by atomic mass is 16.2. The number of amides is 2. The van der Waals surface area contributed by atoms with Gasteiger partial charge in [0.2, 0.25) is 5.91 Å². The number of carbonyl (C=O) groups is 2. The number of hydrogen-bond donors (Lipinski definition) is 2. The van der Waals surface area contributed by atoms with Gasteiger partial charge in [0.1, 0.15) is 6.54 Å². The third kappa shape index (κ3) is 3.77. The van der Waals surface area contributed by atoms with Crippen LogP contribution in [0.4, 0.5) is 0 Å². The Kier molecular flexibility index (Phi) is 4.38. The lowest BCUT2D eigenvalue weighted by atomic mass is 10.1. The van der Waals surface area contributed by atoms with Crippen molar-refractivity contribution in [3.8, 4) is 0 Å². The van der Waals surface area contributed by atoms with Gasteiger partial charge in [0.05, 0.1) is 6.42 Å². The van der Waals surface area contributed by atoms with Crippen LogP contribution in [0.15, 0.2) is 66.9 Å². The zero-order chi connectivity index (χ0) is 16.1. The Bertz CT molecular complexity index is 824. The maximum absolute atomic E-state index is 12.0. The van der Waals surface area contributed by atoms with E-state index in [1.807, 2.05) is 71.4 Å². The summed E-state index contributed by atoms with van der Waals surface area (Å²) in [6.07, 6.45) is 2.09. The van der Waals surface area contributed by atoms with Gasteiger partial charge < -0.3 is 4.57 Å². The van der Waals surface area contributed by atoms with Crippen molar-refractivity contribution in [1.29, 1.82) is 0 Å². The molecule has 0 spiro atoms. The summed E-state index contributed by atoms with van der Waals surface area (Å²) >= 11 is 0. The molecule has 2 amide bonds. The Balaban J connectivity index is 1.52. The minimum Gasteiger partial charge on any atom is -0.338 e. The monoisotopic (exact) mass is 307 g/mol. The molecule has 0 aliphatic carbocycles. The Morgan fingerprint density at radius 1 is 0.826 bits per heavy atom. The molecular formula is C18H17N3O2. The summed E-state index contributed by atoms with van der Waals surface area (Å²) < 4.78 is 1.84. The molecule has 0 aliphatic rings. The van der Waals surface area contributed by atoms with Crippen LogP contribution in [-0.4, -0.2) is 16.4 Å². The number of fused-ring (bicyclic) bond motifs is 1. The van der Waals surface area contributed by atoms with Crippen molar-refractivity contribution >= 4 is 22.7 Å². The van der Waals surface area contributed by atoms with Gasteiger partial charge in [-0.1, -0.05) is 48.5 Å². The number of aromatic nitrogens is 1. The lowest BCUT2D eigenvalue weighted by molar-refractivity contribution is -0.128. The SMILES string of the molecule is O=C(Cc1ccccc1)NNC(=O)Cn1ccc2ccccc21. The number of hydrogen-bond acceptors (Lipinski definition) is 2. The first kappa shape index (κ1) is 14.8. The molecular weight excluding hydrogens is 290 g/mol. The van der Waals surface area contributed by atoms with Crippen LogP contribution in [0.3, 0.4) is 0 Å². The fourth-order valence-electron chi connectivity index (χ4n) is 2.44. The van der Waals surface area contributed by atoms with Crippen LogP contribution in [0.2, 0.25) is 0 Å². The van der Waals surface area contributed by atoms with Crippen molar-refractivity contribution in [3.05, 3.63) is 72.4 Å². The second-order valence-corrected chi connectivity index (χ2v) is 5.26. The number of para-hydroxylation sites is 1. The number of carbonyl (C=O) groups excluding carboxylic acids is 2. The predicted molar refractivity (Wildman–Crippen MR) is 88.4 cm³/mol. The van der Waals surface area contributed by atoms with Crippen LogP contribution in [0.25, 0.3) is 10.9 Å². The molecule has 116 valence electrons. The largest absolute Gasteiger partial charge is 0.338 e. The van der Waals surface area contributed by atoms with Gasteiger partial charge >= 0.3 is 0 Å². The van der Waals surface area contributed by atoms with Crippen molar-refractivity contribution in [2.45, 2.75) is 13.0 Å². The van der Waals surface area contributed by atoms with E-state index in [1.54, 1.807) is 0 Å². The van der Waals surface area contributed by atoms with E-state index in [-0.39, 0.29) is 24.8 Å². The molecule has 3 aromatic rings. The molecule has 3 rings (SSSR count). The molecule has 5 heteroatoms. The summed E-state index contributed by atoms with van der Waals surface area (Å²) in [4.78, 5) is 23.8. The van der Waals surface area contributed by atoms with E-state index in [4.69, 9.17) is 0 Å². The van der Waals surface area contributed by atoms with E-state index >= 15 is 0 Å². The quantitative estimate of drug-likeness (QED) is 0.725. The molecule has 0 fully saturated rings. The van der Waals surface area contributed by atoms with Crippen molar-refractivity contribution in [2.75, 3.05) is 0 Å². The van der Waals surface area contributed by atoms with E-state index in [9.17, 15) is 9.59 Å². The van der Waals surface area contributed by atoms with Gasteiger partial charge in [-0.05, 0) is 23.1 Å². The summed E-state index contributed by atoms with van der Waals surface area (Å²) in [5.74, 6) is -0.519. The van der Waals surface area contributed by atoms with Gasteiger partial charge in [0.15, 0.2) is 0 Å². The van der Waals surface area contributed by atoms with Gasteiger partial charge in [0.25, 0.3) is 5.91 Å². The highest BCUT2D eigenvalue weighted by Crippen LogP contribution is 2.14. The molecule has 2 N–H and O–H groups in total. The standard InChI is InChI=1S/C18H17N3O2/c22-17(12-14-6-2-1-3-7-14)19-20-18(23)13-21-11-10-15-8-4-5-9-16(15)21/h1-11H,12-13H2,(H,19,22)(H,20,23). The van der Waals surface area contributed by atoms with E-state index in [2.05, 4.69) is 10.9 Å². The topological polar surface area (TPSA) is 63.1 Å². The molecule has 0 saturated carbocycles. The minimum absolute atomic E-state index is 0.152. The first-order chi connectivity index (χ1) is 11.2. The summed E-state index contributed by atoms with van der Waals surface area (Å²) in [6.45, 7) is 0.152. The van der Waals surface area contributed by atoms with Gasteiger partial charge in [-0.25, -0.2) is 0 Å². The number of hydrazine groups is 1. The molecule has 2 aromatic carbocycles. The van der Waals surface area contributed by atoms with Crippen molar-refractivity contribution < 1.29 is 9.59 Å². The fraction of sp³-hybridized carbons (Fsp3) is 0.111. The van der Waals surface area contributed by atoms with Crippen molar-refractivity contribution in [2.24, 2.45) is 0 Å². The minimum atomic E-state index is -0.271. The van der Waals surface area contributed by atoms with E-state index in [0.717, 1.165) is 16.5 Å². The summed E-state index contributed by atoms with van der Waals surface area (Å²) in [5, 5.41) is 1.08. The van der Waals surface area contributed by atoms with Crippen LogP contribution in [0.5, 0.6) is 0 Å². The highest BCUT2D eigenvalue weighted by Gasteiger charge is 2.08. The summed E-state index contributed by atoms with van der Waals surface area (Å²) in [6, 6.07) is 19.2. The fourth-order valence-corrected chi connectivity index (χ4v) is 2.44. The molecule has 23 heavy (non-hydrogen) atoms. The lowest BCUT2D eigenvalue weighted by Crippen LogP contribution is -2.43. The third-order valence-corrected chi connectivity index (χ3v) is 3.54. The van der Waals surface area contributed by atoms with Gasteiger partial charge in [-0.3, -0.25) is 20.4 Å². The van der Waals surface area contributed by atoms with Crippen LogP contribution in [0, 0.1) is 0 Å². The van der Waals surface area contributed by atoms with Crippen molar-refractivity contribution in [1.82, 2.24) is 15.4 Å². The molecule has 0 bridgehead atoms. The van der Waals surface area contributed by atoms with Crippen LogP contribution < -0.4 is 10.9 Å². The molecule has 0 unspecified atom stereocenters. The molecule has 1 heterocycles. The van der Waals surface area contributed by atoms with E-state index in [1.165, 1.54) is 0 Å². The normalized spacial score (nSPS) is 10.4. The molecule has 0 atom stereocenters.